The van der Waals surface area contributed by atoms with E-state index in [2.05, 4.69) is 0 Å². The third-order valence-corrected chi connectivity index (χ3v) is 6.67. The highest BCUT2D eigenvalue weighted by Gasteiger charge is 2.19. The van der Waals surface area contributed by atoms with E-state index in [0.29, 0.717) is 52.7 Å². The molecule has 3 aromatic rings. The Balaban J connectivity index is 1.75. The molecule has 152 valence electrons. The number of hydrogen-bond acceptors (Lipinski definition) is 0. The van der Waals surface area contributed by atoms with Crippen molar-refractivity contribution in [3.63, 3.8) is 0 Å². The minimum absolute atomic E-state index is 0.219. The van der Waals surface area contributed by atoms with Crippen molar-refractivity contribution >= 4 is 23.2 Å². The number of rotatable bonds is 6. The fourth-order valence-corrected chi connectivity index (χ4v) is 4.29. The minimum Gasteiger partial charge on any atom is -0.352 e. The van der Waals surface area contributed by atoms with Crippen LogP contribution in [-0.4, -0.2) is 13.7 Å². The summed E-state index contributed by atoms with van der Waals surface area (Å²) >= 11 is 12.6. The minimum atomic E-state index is -0.252. The van der Waals surface area contributed by atoms with E-state index in [1.807, 2.05) is 44.8 Å². The third-order valence-electron chi connectivity index (χ3n) is 5.64. The highest BCUT2D eigenvalue weighted by atomic mass is 35.5. The van der Waals surface area contributed by atoms with Crippen LogP contribution >= 0.6 is 23.2 Å². The van der Waals surface area contributed by atoms with Crippen LogP contribution in [0.4, 0.5) is 8.78 Å². The van der Waals surface area contributed by atoms with Crippen molar-refractivity contribution in [1.29, 1.82) is 0 Å². The van der Waals surface area contributed by atoms with Crippen molar-refractivity contribution in [2.24, 2.45) is 21.1 Å². The zero-order valence-electron chi connectivity index (χ0n) is 16.8. The second-order valence-electron chi connectivity index (χ2n) is 7.42. The van der Waals surface area contributed by atoms with Gasteiger partial charge in [0.25, 0.3) is 0 Å². The second-order valence-corrected chi connectivity index (χ2v) is 8.16. The molecule has 0 amide bonds. The maximum absolute atomic E-state index is 15.0. The largest absolute Gasteiger partial charge is 0.352 e. The van der Waals surface area contributed by atoms with Crippen LogP contribution in [0.15, 0.2) is 12.3 Å². The molecule has 28 heavy (non-hydrogen) atoms. The van der Waals surface area contributed by atoms with E-state index < -0.39 is 0 Å². The van der Waals surface area contributed by atoms with Gasteiger partial charge in [-0.15, -0.1) is 0 Å². The summed E-state index contributed by atoms with van der Waals surface area (Å²) < 4.78 is 34.3. The Morgan fingerprint density at radius 1 is 0.857 bits per heavy atom. The molecule has 0 unspecified atom stereocenters. The standard InChI is InChI=1S/C21H25Cl2F2N3/c1-12-10-14(21(25)27(12)4)6-9-17-19(24)15(11-26(17)3)7-8-16-18(22)13(2)20(23)28(16)5/h10-11H,6-9H2,1-5H3. The summed E-state index contributed by atoms with van der Waals surface area (Å²) in [5, 5.41) is 1.24. The van der Waals surface area contributed by atoms with Gasteiger partial charge in [0, 0.05) is 55.4 Å². The predicted octanol–water partition coefficient (Wildman–Crippen LogP) is 5.47. The number of aromatic nitrogens is 3. The Morgan fingerprint density at radius 3 is 2.00 bits per heavy atom. The molecular weight excluding hydrogens is 403 g/mol. The SMILES string of the molecule is Cc1c(Cl)c(CCc2cn(C)c(CCc3cc(C)n(C)c3F)c2F)n(C)c1Cl. The molecule has 0 spiro atoms. The Morgan fingerprint density at radius 2 is 1.46 bits per heavy atom. The Bertz CT molecular complexity index is 1000. The van der Waals surface area contributed by atoms with Gasteiger partial charge < -0.3 is 13.7 Å². The van der Waals surface area contributed by atoms with Gasteiger partial charge in [-0.05, 0) is 45.6 Å². The molecule has 3 aromatic heterocycles. The quantitative estimate of drug-likeness (QED) is 0.494. The van der Waals surface area contributed by atoms with Crippen molar-refractivity contribution in [2.75, 3.05) is 0 Å². The average Bonchev–Trinajstić information content (AvgIpc) is 3.14. The summed E-state index contributed by atoms with van der Waals surface area (Å²) in [4.78, 5) is 0. The fraction of sp³-hybridized carbons (Fsp3) is 0.429. The number of nitrogens with zero attached hydrogens (tertiary/aromatic N) is 3. The average molecular weight is 428 g/mol. The van der Waals surface area contributed by atoms with Crippen molar-refractivity contribution < 1.29 is 8.78 Å². The Kier molecular flexibility index (Phi) is 5.97. The van der Waals surface area contributed by atoms with Gasteiger partial charge in [-0.1, -0.05) is 23.2 Å². The summed E-state index contributed by atoms with van der Waals surface area (Å²) in [7, 11) is 5.38. The lowest BCUT2D eigenvalue weighted by Gasteiger charge is -2.05. The van der Waals surface area contributed by atoms with Gasteiger partial charge in [0.2, 0.25) is 0 Å². The van der Waals surface area contributed by atoms with Gasteiger partial charge in [0.1, 0.15) is 11.0 Å². The van der Waals surface area contributed by atoms with Crippen LogP contribution in [0.2, 0.25) is 10.2 Å². The molecule has 0 N–H and O–H groups in total. The molecule has 0 saturated carbocycles. The van der Waals surface area contributed by atoms with Gasteiger partial charge in [-0.2, -0.15) is 4.39 Å². The molecule has 0 fully saturated rings. The Labute approximate surface area is 174 Å². The van der Waals surface area contributed by atoms with Crippen molar-refractivity contribution in [1.82, 2.24) is 13.7 Å². The van der Waals surface area contributed by atoms with Crippen LogP contribution in [-0.2, 0) is 46.8 Å². The lowest BCUT2D eigenvalue weighted by atomic mass is 10.1. The molecule has 3 rings (SSSR count). The highest BCUT2D eigenvalue weighted by Crippen LogP contribution is 2.31. The van der Waals surface area contributed by atoms with Gasteiger partial charge >= 0.3 is 0 Å². The van der Waals surface area contributed by atoms with E-state index in [4.69, 9.17) is 23.2 Å². The van der Waals surface area contributed by atoms with Gasteiger partial charge in [0.05, 0.1) is 10.7 Å². The monoisotopic (exact) mass is 427 g/mol. The van der Waals surface area contributed by atoms with Crippen LogP contribution < -0.4 is 0 Å². The molecule has 0 aliphatic heterocycles. The topological polar surface area (TPSA) is 14.8 Å². The van der Waals surface area contributed by atoms with Crippen LogP contribution in [0.5, 0.6) is 0 Å². The zero-order chi connectivity index (χ0) is 20.7. The van der Waals surface area contributed by atoms with Gasteiger partial charge in [0.15, 0.2) is 5.95 Å². The molecule has 0 atom stereocenters. The maximum Gasteiger partial charge on any atom is 0.196 e. The van der Waals surface area contributed by atoms with E-state index >= 15 is 0 Å². The number of hydrogen-bond donors (Lipinski definition) is 0. The number of halogens is 4. The van der Waals surface area contributed by atoms with E-state index in [0.717, 1.165) is 17.0 Å². The first-order valence-electron chi connectivity index (χ1n) is 9.25. The molecule has 0 bridgehead atoms. The molecule has 3 nitrogen and oxygen atoms in total. The molecule has 3 heterocycles. The van der Waals surface area contributed by atoms with Crippen LogP contribution in [0.1, 0.15) is 33.8 Å². The van der Waals surface area contributed by atoms with Crippen LogP contribution in [0, 0.1) is 25.6 Å². The van der Waals surface area contributed by atoms with Crippen LogP contribution in [0.3, 0.4) is 0 Å². The first-order chi connectivity index (χ1) is 13.1. The van der Waals surface area contributed by atoms with Crippen molar-refractivity contribution in [3.8, 4) is 0 Å². The maximum atomic E-state index is 15.0. The molecular formula is C21H25Cl2F2N3. The lowest BCUT2D eigenvalue weighted by molar-refractivity contribution is 0.515. The van der Waals surface area contributed by atoms with Crippen molar-refractivity contribution in [3.05, 3.63) is 68.0 Å². The normalized spacial score (nSPS) is 11.6. The first kappa shape index (κ1) is 21.0. The Hall–Kier alpha value is -1.72. The number of aryl methyl sites for hydroxylation is 4. The van der Waals surface area contributed by atoms with E-state index in [1.54, 1.807) is 11.6 Å². The smallest absolute Gasteiger partial charge is 0.196 e. The van der Waals surface area contributed by atoms with Crippen molar-refractivity contribution in [2.45, 2.75) is 39.5 Å². The molecule has 0 aliphatic rings. The van der Waals surface area contributed by atoms with Gasteiger partial charge in [-0.25, -0.2) is 4.39 Å². The lowest BCUT2D eigenvalue weighted by Crippen LogP contribution is -2.02. The molecule has 0 saturated heterocycles. The van der Waals surface area contributed by atoms with Crippen LogP contribution in [0.25, 0.3) is 0 Å². The predicted molar refractivity (Wildman–Crippen MR) is 110 cm³/mol. The summed E-state index contributed by atoms with van der Waals surface area (Å²) in [6.45, 7) is 3.73. The summed E-state index contributed by atoms with van der Waals surface area (Å²) in [6, 6.07) is 1.82. The molecule has 7 heteroatoms. The third kappa shape index (κ3) is 3.62. The van der Waals surface area contributed by atoms with E-state index in [9.17, 15) is 8.78 Å². The summed E-state index contributed by atoms with van der Waals surface area (Å²) in [6.07, 6.45) is 3.82. The fourth-order valence-electron chi connectivity index (χ4n) is 3.73. The molecule has 0 aromatic carbocycles. The zero-order valence-corrected chi connectivity index (χ0v) is 18.3. The first-order valence-corrected chi connectivity index (χ1v) is 10.0. The molecule has 0 aliphatic carbocycles. The summed E-state index contributed by atoms with van der Waals surface area (Å²) in [5.74, 6) is -0.471. The van der Waals surface area contributed by atoms with Gasteiger partial charge in [-0.3, -0.25) is 0 Å². The summed E-state index contributed by atoms with van der Waals surface area (Å²) in [5.41, 5.74) is 4.43. The second kappa shape index (κ2) is 7.96. The van der Waals surface area contributed by atoms with E-state index in [1.165, 1.54) is 4.57 Å². The molecule has 0 radical (unpaired) electrons. The highest BCUT2D eigenvalue weighted by molar-refractivity contribution is 6.36. The van der Waals surface area contributed by atoms with E-state index in [-0.39, 0.29) is 11.8 Å².